The van der Waals surface area contributed by atoms with Crippen LogP contribution in [0.2, 0.25) is 0 Å². The van der Waals surface area contributed by atoms with Crippen molar-refractivity contribution in [3.05, 3.63) is 23.9 Å². The molecule has 2 N–H and O–H groups in total. The van der Waals surface area contributed by atoms with Gasteiger partial charge < -0.3 is 15.2 Å². The average molecular weight is 403 g/mol. The van der Waals surface area contributed by atoms with Crippen molar-refractivity contribution >= 4 is 6.09 Å². The zero-order valence-corrected chi connectivity index (χ0v) is 16.4. The van der Waals surface area contributed by atoms with Gasteiger partial charge in [-0.15, -0.1) is 0 Å². The van der Waals surface area contributed by atoms with Crippen LogP contribution in [-0.4, -0.2) is 52.9 Å². The predicted octanol–water partition coefficient (Wildman–Crippen LogP) is 4.02. The lowest BCUT2D eigenvalue weighted by molar-refractivity contribution is -0.137. The molecule has 0 spiro atoms. The zero-order chi connectivity index (χ0) is 20.9. The first-order valence-corrected chi connectivity index (χ1v) is 9.37. The van der Waals surface area contributed by atoms with Crippen molar-refractivity contribution in [2.75, 3.05) is 19.6 Å². The smallest absolute Gasteiger partial charge is 0.417 e. The van der Waals surface area contributed by atoms with Crippen molar-refractivity contribution in [1.82, 2.24) is 15.2 Å². The topological polar surface area (TPSA) is 74.7 Å². The number of ether oxygens (including phenoxy) is 1. The number of hydrogen-bond donors (Lipinski definition) is 2. The molecule has 0 saturated carbocycles. The van der Waals surface area contributed by atoms with Crippen molar-refractivity contribution in [3.8, 4) is 5.88 Å². The van der Waals surface area contributed by atoms with Gasteiger partial charge in [0.05, 0.1) is 5.56 Å². The van der Waals surface area contributed by atoms with Crippen LogP contribution in [0.1, 0.15) is 45.6 Å². The summed E-state index contributed by atoms with van der Waals surface area (Å²) in [5.41, 5.74) is -0.805. The lowest BCUT2D eigenvalue weighted by atomic mass is 9.82. The fraction of sp³-hybridized carbons (Fsp3) is 0.684. The Hall–Kier alpha value is -2.03. The third-order valence-electron chi connectivity index (χ3n) is 4.96. The molecular weight excluding hydrogens is 375 g/mol. The molecule has 1 amide bonds. The second kappa shape index (κ2) is 8.98. The van der Waals surface area contributed by atoms with E-state index in [4.69, 9.17) is 9.84 Å². The monoisotopic (exact) mass is 403 g/mol. The predicted molar refractivity (Wildman–Crippen MR) is 98.3 cm³/mol. The highest BCUT2D eigenvalue weighted by atomic mass is 19.4. The molecule has 1 aliphatic heterocycles. The number of aromatic nitrogens is 1. The van der Waals surface area contributed by atoms with Crippen LogP contribution in [0.15, 0.2) is 18.3 Å². The SMILES string of the molecule is CC(C)(C)C(CCNC(=O)O)N1CCC(Oc2ccc(C(F)(F)F)cn2)CC1. The number of pyridine rings is 1. The molecule has 1 fully saturated rings. The molecule has 1 atom stereocenters. The van der Waals surface area contributed by atoms with Crippen LogP contribution in [0.4, 0.5) is 18.0 Å². The first-order valence-electron chi connectivity index (χ1n) is 9.37. The van der Waals surface area contributed by atoms with E-state index < -0.39 is 17.8 Å². The number of amides is 1. The number of carbonyl (C=O) groups is 1. The summed E-state index contributed by atoms with van der Waals surface area (Å²) in [6.07, 6.45) is -2.56. The summed E-state index contributed by atoms with van der Waals surface area (Å²) in [7, 11) is 0. The lowest BCUT2D eigenvalue weighted by Gasteiger charge is -2.43. The molecule has 1 aliphatic rings. The average Bonchev–Trinajstić information content (AvgIpc) is 2.58. The van der Waals surface area contributed by atoms with E-state index in [0.29, 0.717) is 13.0 Å². The van der Waals surface area contributed by atoms with E-state index >= 15 is 0 Å². The highest BCUT2D eigenvalue weighted by Crippen LogP contribution is 2.31. The van der Waals surface area contributed by atoms with Crippen LogP contribution >= 0.6 is 0 Å². The standard InChI is InChI=1S/C19H28F3N3O3/c1-18(2,3)15(6-9-23-17(26)27)25-10-7-14(8-11-25)28-16-5-4-13(12-24-16)19(20,21)22/h4-5,12,14-15,23H,6-11H2,1-3H3,(H,26,27). The maximum absolute atomic E-state index is 12.6. The molecular formula is C19H28F3N3O3. The number of alkyl halides is 3. The Kier molecular flexibility index (Phi) is 7.14. The molecule has 0 radical (unpaired) electrons. The minimum Gasteiger partial charge on any atom is -0.474 e. The largest absolute Gasteiger partial charge is 0.474 e. The number of likely N-dealkylation sites (tertiary alicyclic amines) is 1. The Labute approximate surface area is 163 Å². The van der Waals surface area contributed by atoms with Gasteiger partial charge >= 0.3 is 12.3 Å². The molecule has 0 aromatic carbocycles. The van der Waals surface area contributed by atoms with E-state index in [0.717, 1.165) is 38.2 Å². The summed E-state index contributed by atoms with van der Waals surface area (Å²) in [5.74, 6) is 0.199. The van der Waals surface area contributed by atoms with Crippen LogP contribution in [-0.2, 0) is 6.18 Å². The van der Waals surface area contributed by atoms with Gasteiger partial charge in [-0.2, -0.15) is 13.2 Å². The maximum atomic E-state index is 12.6. The molecule has 0 aliphatic carbocycles. The van der Waals surface area contributed by atoms with Gasteiger partial charge in [0.2, 0.25) is 5.88 Å². The zero-order valence-electron chi connectivity index (χ0n) is 16.4. The molecule has 9 heteroatoms. The minimum atomic E-state index is -4.41. The molecule has 0 bridgehead atoms. The van der Waals surface area contributed by atoms with Gasteiger partial charge in [-0.05, 0) is 30.7 Å². The van der Waals surface area contributed by atoms with Gasteiger partial charge in [0, 0.05) is 37.9 Å². The highest BCUT2D eigenvalue weighted by molar-refractivity contribution is 5.64. The van der Waals surface area contributed by atoms with E-state index in [9.17, 15) is 18.0 Å². The molecule has 1 saturated heterocycles. The Morgan fingerprint density at radius 1 is 1.32 bits per heavy atom. The summed E-state index contributed by atoms with van der Waals surface area (Å²) in [5, 5.41) is 11.2. The number of nitrogens with zero attached hydrogens (tertiary/aromatic N) is 2. The summed E-state index contributed by atoms with van der Waals surface area (Å²) in [6, 6.07) is 2.44. The molecule has 1 unspecified atom stereocenters. The Bertz CT molecular complexity index is 637. The Balaban J connectivity index is 1.88. The second-order valence-corrected chi connectivity index (χ2v) is 8.14. The van der Waals surface area contributed by atoms with E-state index in [2.05, 4.69) is 36.0 Å². The highest BCUT2D eigenvalue weighted by Gasteiger charge is 2.34. The van der Waals surface area contributed by atoms with E-state index in [1.165, 1.54) is 6.07 Å². The number of rotatable bonds is 6. The number of nitrogens with one attached hydrogen (secondary N) is 1. The normalized spacial score (nSPS) is 17.9. The Morgan fingerprint density at radius 2 is 1.96 bits per heavy atom. The van der Waals surface area contributed by atoms with E-state index in [1.54, 1.807) is 0 Å². The van der Waals surface area contributed by atoms with Crippen molar-refractivity contribution in [3.63, 3.8) is 0 Å². The molecule has 158 valence electrons. The molecule has 1 aromatic rings. The maximum Gasteiger partial charge on any atom is 0.417 e. The van der Waals surface area contributed by atoms with Crippen molar-refractivity contribution in [2.24, 2.45) is 5.41 Å². The molecule has 2 rings (SSSR count). The number of hydrogen-bond acceptors (Lipinski definition) is 4. The van der Waals surface area contributed by atoms with Crippen molar-refractivity contribution in [2.45, 2.75) is 58.4 Å². The van der Waals surface area contributed by atoms with E-state index in [-0.39, 0.29) is 23.4 Å². The summed E-state index contributed by atoms with van der Waals surface area (Å²) >= 11 is 0. The molecule has 1 aromatic heterocycles. The van der Waals surface area contributed by atoms with Gasteiger partial charge in [-0.25, -0.2) is 9.78 Å². The first kappa shape index (κ1) is 22.3. The minimum absolute atomic E-state index is 0.0111. The third-order valence-corrected chi connectivity index (χ3v) is 4.96. The summed E-state index contributed by atoms with van der Waals surface area (Å²) in [6.45, 7) is 8.34. The second-order valence-electron chi connectivity index (χ2n) is 8.14. The van der Waals surface area contributed by atoms with Crippen LogP contribution in [0.3, 0.4) is 0 Å². The lowest BCUT2D eigenvalue weighted by Crippen LogP contribution is -2.50. The van der Waals surface area contributed by atoms with Crippen molar-refractivity contribution < 1.29 is 27.8 Å². The number of carboxylic acid groups (broad SMARTS) is 1. The van der Waals surface area contributed by atoms with Crippen molar-refractivity contribution in [1.29, 1.82) is 0 Å². The summed E-state index contributed by atoms with van der Waals surface area (Å²) < 4.78 is 43.6. The van der Waals surface area contributed by atoms with Gasteiger partial charge in [0.25, 0.3) is 0 Å². The van der Waals surface area contributed by atoms with Crippen LogP contribution in [0, 0.1) is 5.41 Å². The Morgan fingerprint density at radius 3 is 2.43 bits per heavy atom. The fourth-order valence-corrected chi connectivity index (χ4v) is 3.57. The van der Waals surface area contributed by atoms with Gasteiger partial charge in [-0.1, -0.05) is 20.8 Å². The van der Waals surface area contributed by atoms with Gasteiger partial charge in [0.15, 0.2) is 0 Å². The number of halogens is 3. The number of piperidine rings is 1. The van der Waals surface area contributed by atoms with Crippen LogP contribution in [0.5, 0.6) is 5.88 Å². The fourth-order valence-electron chi connectivity index (χ4n) is 3.57. The van der Waals surface area contributed by atoms with Crippen LogP contribution in [0.25, 0.3) is 0 Å². The first-order chi connectivity index (χ1) is 13.0. The third kappa shape index (κ3) is 6.54. The molecule has 6 nitrogen and oxygen atoms in total. The summed E-state index contributed by atoms with van der Waals surface area (Å²) in [4.78, 5) is 16.8. The van der Waals surface area contributed by atoms with E-state index in [1.807, 2.05) is 0 Å². The molecule has 2 heterocycles. The quantitative estimate of drug-likeness (QED) is 0.751. The van der Waals surface area contributed by atoms with Crippen LogP contribution < -0.4 is 10.1 Å². The molecule has 28 heavy (non-hydrogen) atoms. The van der Waals surface area contributed by atoms with Gasteiger partial charge in [0.1, 0.15) is 6.10 Å². The van der Waals surface area contributed by atoms with Gasteiger partial charge in [-0.3, -0.25) is 4.90 Å².